The Morgan fingerprint density at radius 2 is 2.24 bits per heavy atom. The van der Waals surface area contributed by atoms with Crippen LogP contribution in [0.3, 0.4) is 0 Å². The fourth-order valence-corrected chi connectivity index (χ4v) is 2.36. The number of aliphatic hydroxyl groups is 1. The topological polar surface area (TPSA) is 49.3 Å². The molecule has 3 nitrogen and oxygen atoms in total. The van der Waals surface area contributed by atoms with E-state index in [1.165, 1.54) is 0 Å². The summed E-state index contributed by atoms with van der Waals surface area (Å²) in [4.78, 5) is 11.9. The maximum Gasteiger partial charge on any atom is 0.252 e. The van der Waals surface area contributed by atoms with Crippen molar-refractivity contribution in [2.75, 3.05) is 13.2 Å². The third-order valence-electron chi connectivity index (χ3n) is 3.09. The van der Waals surface area contributed by atoms with Gasteiger partial charge in [0.05, 0.1) is 17.2 Å². The van der Waals surface area contributed by atoms with E-state index in [-0.39, 0.29) is 17.9 Å². The number of hydrogen-bond donors (Lipinski definition) is 2. The van der Waals surface area contributed by atoms with Gasteiger partial charge >= 0.3 is 0 Å². The summed E-state index contributed by atoms with van der Waals surface area (Å²) in [5, 5.41) is 12.4. The molecular formula is C12H13BrClNO2. The molecule has 1 aliphatic rings. The summed E-state index contributed by atoms with van der Waals surface area (Å²) in [5.74, 6) is -0.192. The van der Waals surface area contributed by atoms with Crippen molar-refractivity contribution in [3.63, 3.8) is 0 Å². The van der Waals surface area contributed by atoms with Crippen molar-refractivity contribution in [1.82, 2.24) is 5.32 Å². The molecule has 0 radical (unpaired) electrons. The fourth-order valence-electron chi connectivity index (χ4n) is 1.60. The molecule has 17 heavy (non-hydrogen) atoms. The van der Waals surface area contributed by atoms with Gasteiger partial charge in [-0.25, -0.2) is 0 Å². The van der Waals surface area contributed by atoms with Crippen molar-refractivity contribution >= 4 is 33.4 Å². The molecule has 0 aromatic heterocycles. The molecule has 92 valence electrons. The molecule has 0 spiro atoms. The van der Waals surface area contributed by atoms with Crippen LogP contribution in [0.2, 0.25) is 5.02 Å². The summed E-state index contributed by atoms with van der Waals surface area (Å²) in [7, 11) is 0. The zero-order valence-electron chi connectivity index (χ0n) is 9.17. The van der Waals surface area contributed by atoms with Crippen molar-refractivity contribution in [1.29, 1.82) is 0 Å². The lowest BCUT2D eigenvalue weighted by atomic mass is 10.1. The van der Waals surface area contributed by atoms with Gasteiger partial charge in [0.1, 0.15) is 0 Å². The minimum absolute atomic E-state index is 0.0858. The van der Waals surface area contributed by atoms with E-state index in [9.17, 15) is 4.79 Å². The maximum atomic E-state index is 11.9. The van der Waals surface area contributed by atoms with Crippen molar-refractivity contribution in [2.24, 2.45) is 5.41 Å². The highest BCUT2D eigenvalue weighted by Gasteiger charge is 2.42. The first-order valence-corrected chi connectivity index (χ1v) is 6.58. The number of halogens is 2. The first-order chi connectivity index (χ1) is 8.06. The van der Waals surface area contributed by atoms with E-state index in [0.29, 0.717) is 17.1 Å². The van der Waals surface area contributed by atoms with Gasteiger partial charge < -0.3 is 10.4 Å². The molecule has 0 atom stereocenters. The Morgan fingerprint density at radius 1 is 1.53 bits per heavy atom. The standard InChI is InChI=1S/C12H13BrClNO2/c13-8-1-2-9(10(14)5-8)11(17)15-6-12(7-16)3-4-12/h1-2,5,16H,3-4,6-7H2,(H,15,17). The Labute approximate surface area is 113 Å². The first-order valence-electron chi connectivity index (χ1n) is 5.40. The number of benzene rings is 1. The van der Waals surface area contributed by atoms with Crippen LogP contribution in [-0.4, -0.2) is 24.2 Å². The zero-order chi connectivity index (χ0) is 12.5. The van der Waals surface area contributed by atoms with Gasteiger partial charge in [-0.15, -0.1) is 0 Å². The van der Waals surface area contributed by atoms with Crippen LogP contribution in [-0.2, 0) is 0 Å². The summed E-state index contributed by atoms with van der Waals surface area (Å²) in [6, 6.07) is 5.15. The number of nitrogens with one attached hydrogen (secondary N) is 1. The van der Waals surface area contributed by atoms with Gasteiger partial charge in [0, 0.05) is 16.4 Å². The molecule has 1 aromatic carbocycles. The lowest BCUT2D eigenvalue weighted by Gasteiger charge is -2.13. The van der Waals surface area contributed by atoms with E-state index >= 15 is 0 Å². The second kappa shape index (κ2) is 4.96. The Kier molecular flexibility index (Phi) is 3.76. The molecule has 1 saturated carbocycles. The Balaban J connectivity index is 2.00. The minimum atomic E-state index is -0.192. The van der Waals surface area contributed by atoms with Crippen LogP contribution < -0.4 is 5.32 Å². The summed E-state index contributed by atoms with van der Waals surface area (Å²) in [5.41, 5.74) is 0.376. The summed E-state index contributed by atoms with van der Waals surface area (Å²) < 4.78 is 0.841. The molecule has 0 unspecified atom stereocenters. The van der Waals surface area contributed by atoms with Gasteiger partial charge in [-0.1, -0.05) is 27.5 Å². The van der Waals surface area contributed by atoms with Crippen molar-refractivity contribution in [2.45, 2.75) is 12.8 Å². The molecule has 2 N–H and O–H groups in total. The van der Waals surface area contributed by atoms with Gasteiger partial charge in [0.15, 0.2) is 0 Å². The lowest BCUT2D eigenvalue weighted by molar-refractivity contribution is 0.0935. The number of amides is 1. The molecule has 0 bridgehead atoms. The number of hydrogen-bond acceptors (Lipinski definition) is 2. The molecule has 1 amide bonds. The second-order valence-corrected chi connectivity index (χ2v) is 5.79. The van der Waals surface area contributed by atoms with E-state index < -0.39 is 0 Å². The molecule has 0 aliphatic heterocycles. The van der Waals surface area contributed by atoms with Crippen LogP contribution in [0.1, 0.15) is 23.2 Å². The maximum absolute atomic E-state index is 11.9. The Hall–Kier alpha value is -0.580. The second-order valence-electron chi connectivity index (χ2n) is 4.46. The molecular weight excluding hydrogens is 305 g/mol. The SMILES string of the molecule is O=C(NCC1(CO)CC1)c1ccc(Br)cc1Cl. The Bertz CT molecular complexity index is 446. The number of carbonyl (C=O) groups is 1. The van der Waals surface area contributed by atoms with E-state index in [1.807, 2.05) is 0 Å². The van der Waals surface area contributed by atoms with E-state index in [0.717, 1.165) is 17.3 Å². The molecule has 5 heteroatoms. The highest BCUT2D eigenvalue weighted by Crippen LogP contribution is 2.44. The average Bonchev–Trinajstić information content (AvgIpc) is 3.07. The van der Waals surface area contributed by atoms with Gasteiger partial charge in [-0.3, -0.25) is 4.79 Å². The molecule has 2 rings (SSSR count). The number of aliphatic hydroxyl groups excluding tert-OH is 1. The monoisotopic (exact) mass is 317 g/mol. The van der Waals surface area contributed by atoms with E-state index in [4.69, 9.17) is 16.7 Å². The number of carbonyl (C=O) groups excluding carboxylic acids is 1. The summed E-state index contributed by atoms with van der Waals surface area (Å²) >= 11 is 9.27. The average molecular weight is 319 g/mol. The van der Waals surface area contributed by atoms with Crippen molar-refractivity contribution in [3.8, 4) is 0 Å². The van der Waals surface area contributed by atoms with E-state index in [1.54, 1.807) is 18.2 Å². The zero-order valence-corrected chi connectivity index (χ0v) is 11.5. The molecule has 1 aliphatic carbocycles. The van der Waals surface area contributed by atoms with Crippen molar-refractivity contribution in [3.05, 3.63) is 33.3 Å². The van der Waals surface area contributed by atoms with Gasteiger partial charge in [0.25, 0.3) is 5.91 Å². The van der Waals surface area contributed by atoms with Crippen LogP contribution in [0.5, 0.6) is 0 Å². The van der Waals surface area contributed by atoms with Gasteiger partial charge in [0.2, 0.25) is 0 Å². The van der Waals surface area contributed by atoms with Crippen LogP contribution >= 0.6 is 27.5 Å². The Morgan fingerprint density at radius 3 is 2.76 bits per heavy atom. The highest BCUT2D eigenvalue weighted by atomic mass is 79.9. The summed E-state index contributed by atoms with van der Waals surface area (Å²) in [6.45, 7) is 0.635. The third kappa shape index (κ3) is 3.00. The first kappa shape index (κ1) is 12.9. The molecule has 1 fully saturated rings. The van der Waals surface area contributed by atoms with Crippen LogP contribution in [0.15, 0.2) is 22.7 Å². The predicted molar refractivity (Wildman–Crippen MR) is 70.2 cm³/mol. The molecule has 1 aromatic rings. The van der Waals surface area contributed by atoms with Gasteiger partial charge in [-0.05, 0) is 31.0 Å². The van der Waals surface area contributed by atoms with Crippen LogP contribution in [0.4, 0.5) is 0 Å². The molecule has 0 saturated heterocycles. The van der Waals surface area contributed by atoms with E-state index in [2.05, 4.69) is 21.2 Å². The normalized spacial score (nSPS) is 16.6. The predicted octanol–water partition coefficient (Wildman–Crippen LogP) is 2.60. The minimum Gasteiger partial charge on any atom is -0.396 e. The third-order valence-corrected chi connectivity index (χ3v) is 3.90. The fraction of sp³-hybridized carbons (Fsp3) is 0.417. The van der Waals surface area contributed by atoms with Gasteiger partial charge in [-0.2, -0.15) is 0 Å². The molecule has 0 heterocycles. The smallest absolute Gasteiger partial charge is 0.252 e. The highest BCUT2D eigenvalue weighted by molar-refractivity contribution is 9.10. The largest absolute Gasteiger partial charge is 0.396 e. The lowest BCUT2D eigenvalue weighted by Crippen LogP contribution is -2.32. The van der Waals surface area contributed by atoms with Crippen LogP contribution in [0.25, 0.3) is 0 Å². The van der Waals surface area contributed by atoms with Crippen LogP contribution in [0, 0.1) is 5.41 Å². The summed E-state index contributed by atoms with van der Waals surface area (Å²) in [6.07, 6.45) is 1.94. The number of rotatable bonds is 4. The quantitative estimate of drug-likeness (QED) is 0.896. The van der Waals surface area contributed by atoms with Crippen molar-refractivity contribution < 1.29 is 9.90 Å².